The molecule has 1 atom stereocenters. The highest BCUT2D eigenvalue weighted by Gasteiger charge is 2.14. The molecule has 3 nitrogen and oxygen atoms in total. The number of aryl methyl sites for hydroxylation is 2. The highest BCUT2D eigenvalue weighted by molar-refractivity contribution is 9.09. The molecule has 1 heterocycles. The van der Waals surface area contributed by atoms with Gasteiger partial charge in [-0.15, -0.1) is 0 Å². The average Bonchev–Trinajstić information content (AvgIpc) is 2.76. The van der Waals surface area contributed by atoms with Crippen molar-refractivity contribution in [3.8, 4) is 0 Å². The van der Waals surface area contributed by atoms with E-state index in [0.717, 1.165) is 16.6 Å². The number of aromatic nitrogens is 1. The first kappa shape index (κ1) is 14.1. The first-order valence-corrected chi connectivity index (χ1v) is 7.38. The Bertz CT molecular complexity index is 882. The molecule has 0 radical (unpaired) electrons. The summed E-state index contributed by atoms with van der Waals surface area (Å²) in [6, 6.07) is 10.7. The predicted octanol–water partition coefficient (Wildman–Crippen LogP) is 4.06. The Balaban J connectivity index is 2.06. The van der Waals surface area contributed by atoms with Crippen molar-refractivity contribution in [2.24, 2.45) is 7.05 Å². The Morgan fingerprint density at radius 2 is 1.86 bits per heavy atom. The number of nitrogens with zero attached hydrogens (tertiary/aromatic N) is 1. The number of hydrogen-bond acceptors (Lipinski definition) is 2. The van der Waals surface area contributed by atoms with Crippen LogP contribution in [0.4, 0.5) is 4.39 Å². The second-order valence-corrected chi connectivity index (χ2v) is 5.94. The number of rotatable bonds is 2. The maximum atomic E-state index is 13.7. The van der Waals surface area contributed by atoms with Gasteiger partial charge >= 0.3 is 5.76 Å². The normalized spacial score (nSPS) is 12.8. The van der Waals surface area contributed by atoms with Gasteiger partial charge in [-0.05, 0) is 41.8 Å². The minimum atomic E-state index is -0.394. The summed E-state index contributed by atoms with van der Waals surface area (Å²) in [5, 5.41) is 0. The molecule has 0 N–H and O–H groups in total. The topological polar surface area (TPSA) is 35.1 Å². The summed E-state index contributed by atoms with van der Waals surface area (Å²) >= 11 is 3.57. The van der Waals surface area contributed by atoms with E-state index in [9.17, 15) is 9.18 Å². The first-order valence-electron chi connectivity index (χ1n) is 6.47. The van der Waals surface area contributed by atoms with Crippen molar-refractivity contribution in [3.05, 3.63) is 69.5 Å². The van der Waals surface area contributed by atoms with Crippen LogP contribution in [0.25, 0.3) is 11.1 Å². The zero-order chi connectivity index (χ0) is 15.1. The predicted molar refractivity (Wildman–Crippen MR) is 83.4 cm³/mol. The van der Waals surface area contributed by atoms with E-state index >= 15 is 0 Å². The lowest BCUT2D eigenvalue weighted by Gasteiger charge is -2.11. The zero-order valence-electron chi connectivity index (χ0n) is 11.6. The average molecular weight is 350 g/mol. The number of hydrogen-bond donors (Lipinski definition) is 0. The van der Waals surface area contributed by atoms with E-state index in [-0.39, 0.29) is 10.6 Å². The molecule has 0 fully saturated rings. The Labute approximate surface area is 129 Å². The van der Waals surface area contributed by atoms with Gasteiger partial charge in [0.05, 0.1) is 10.3 Å². The van der Waals surface area contributed by atoms with Crippen LogP contribution in [0.2, 0.25) is 0 Å². The third kappa shape index (κ3) is 2.42. The van der Waals surface area contributed by atoms with Gasteiger partial charge in [-0.1, -0.05) is 34.1 Å². The summed E-state index contributed by atoms with van der Waals surface area (Å²) in [5.41, 5.74) is 3.59. The molecular formula is C16H13BrFNO2. The molecule has 0 aliphatic carbocycles. The van der Waals surface area contributed by atoms with E-state index in [1.165, 1.54) is 10.6 Å². The van der Waals surface area contributed by atoms with Crippen molar-refractivity contribution in [1.82, 2.24) is 4.57 Å². The van der Waals surface area contributed by atoms with Gasteiger partial charge < -0.3 is 4.42 Å². The molecule has 0 saturated carbocycles. The monoisotopic (exact) mass is 349 g/mol. The number of oxazole rings is 1. The van der Waals surface area contributed by atoms with Gasteiger partial charge in [-0.2, -0.15) is 0 Å². The fourth-order valence-electron chi connectivity index (χ4n) is 2.27. The van der Waals surface area contributed by atoms with Crippen LogP contribution in [0.1, 0.15) is 21.5 Å². The van der Waals surface area contributed by atoms with Crippen molar-refractivity contribution >= 4 is 27.0 Å². The fourth-order valence-corrected chi connectivity index (χ4v) is 2.84. The highest BCUT2D eigenvalue weighted by Crippen LogP contribution is 2.33. The second-order valence-electron chi connectivity index (χ2n) is 5.03. The molecule has 0 aliphatic heterocycles. The van der Waals surface area contributed by atoms with Gasteiger partial charge in [0.15, 0.2) is 5.58 Å². The van der Waals surface area contributed by atoms with Crippen LogP contribution in [-0.4, -0.2) is 4.57 Å². The summed E-state index contributed by atoms with van der Waals surface area (Å²) < 4.78 is 20.3. The van der Waals surface area contributed by atoms with E-state index in [4.69, 9.17) is 4.42 Å². The summed E-state index contributed by atoms with van der Waals surface area (Å²) in [7, 11) is 1.66. The molecule has 3 aromatic rings. The molecule has 3 rings (SSSR count). The number of fused-ring (bicyclic) bond motifs is 1. The SMILES string of the molecule is Cc1ccc(C(Br)c2ccc3c(c2)oc(=O)n3C)cc1F. The lowest BCUT2D eigenvalue weighted by molar-refractivity contribution is 0.528. The van der Waals surface area contributed by atoms with E-state index < -0.39 is 5.76 Å². The van der Waals surface area contributed by atoms with Crippen molar-refractivity contribution in [1.29, 1.82) is 0 Å². The Hall–Kier alpha value is -1.88. The molecule has 108 valence electrons. The summed E-state index contributed by atoms with van der Waals surface area (Å²) in [6.07, 6.45) is 0. The molecule has 0 spiro atoms. The quantitative estimate of drug-likeness (QED) is 0.654. The van der Waals surface area contributed by atoms with Crippen LogP contribution in [0, 0.1) is 12.7 Å². The lowest BCUT2D eigenvalue weighted by Crippen LogP contribution is -2.08. The Kier molecular flexibility index (Phi) is 3.45. The van der Waals surface area contributed by atoms with Gasteiger partial charge in [-0.3, -0.25) is 4.57 Å². The second kappa shape index (κ2) is 5.15. The van der Waals surface area contributed by atoms with Gasteiger partial charge in [0.1, 0.15) is 5.82 Å². The van der Waals surface area contributed by atoms with Gasteiger partial charge in [0, 0.05) is 7.05 Å². The van der Waals surface area contributed by atoms with E-state index in [1.54, 1.807) is 26.1 Å². The van der Waals surface area contributed by atoms with Gasteiger partial charge in [0.2, 0.25) is 0 Å². The summed E-state index contributed by atoms with van der Waals surface area (Å²) in [6.45, 7) is 1.73. The Morgan fingerprint density at radius 3 is 2.57 bits per heavy atom. The highest BCUT2D eigenvalue weighted by atomic mass is 79.9. The van der Waals surface area contributed by atoms with E-state index in [2.05, 4.69) is 15.9 Å². The molecule has 5 heteroatoms. The largest absolute Gasteiger partial charge is 0.419 e. The van der Waals surface area contributed by atoms with Crippen molar-refractivity contribution < 1.29 is 8.81 Å². The van der Waals surface area contributed by atoms with Crippen LogP contribution in [-0.2, 0) is 7.05 Å². The summed E-state index contributed by atoms with van der Waals surface area (Å²) in [4.78, 5) is 11.3. The van der Waals surface area contributed by atoms with Crippen molar-refractivity contribution in [2.45, 2.75) is 11.8 Å². The smallest absolute Gasteiger partial charge is 0.408 e. The maximum Gasteiger partial charge on any atom is 0.419 e. The molecule has 0 bridgehead atoms. The lowest BCUT2D eigenvalue weighted by atomic mass is 10.0. The van der Waals surface area contributed by atoms with Gasteiger partial charge in [-0.25, -0.2) is 9.18 Å². The minimum Gasteiger partial charge on any atom is -0.408 e. The van der Waals surface area contributed by atoms with Gasteiger partial charge in [0.25, 0.3) is 0 Å². The molecule has 0 amide bonds. The molecule has 0 aliphatic rings. The third-order valence-corrected chi connectivity index (χ3v) is 4.65. The summed E-state index contributed by atoms with van der Waals surface area (Å²) in [5.74, 6) is -0.626. The molecule has 2 aromatic carbocycles. The fraction of sp³-hybridized carbons (Fsp3) is 0.188. The van der Waals surface area contributed by atoms with Crippen LogP contribution in [0.5, 0.6) is 0 Å². The molecule has 1 aromatic heterocycles. The third-order valence-electron chi connectivity index (χ3n) is 3.60. The van der Waals surface area contributed by atoms with E-state index in [0.29, 0.717) is 11.1 Å². The molecule has 1 unspecified atom stereocenters. The number of halogens is 2. The van der Waals surface area contributed by atoms with Crippen LogP contribution in [0.3, 0.4) is 0 Å². The minimum absolute atomic E-state index is 0.164. The number of benzene rings is 2. The van der Waals surface area contributed by atoms with Crippen LogP contribution >= 0.6 is 15.9 Å². The van der Waals surface area contributed by atoms with Crippen LogP contribution in [0.15, 0.2) is 45.6 Å². The molecule has 21 heavy (non-hydrogen) atoms. The number of alkyl halides is 1. The first-order chi connectivity index (χ1) is 9.97. The standard InChI is InChI=1S/C16H13BrFNO2/c1-9-3-4-10(7-12(9)18)15(17)11-5-6-13-14(8-11)21-16(20)19(13)2/h3-8,15H,1-2H3. The van der Waals surface area contributed by atoms with E-state index in [1.807, 2.05) is 18.2 Å². The van der Waals surface area contributed by atoms with Crippen LogP contribution < -0.4 is 5.76 Å². The van der Waals surface area contributed by atoms with Crippen molar-refractivity contribution in [2.75, 3.05) is 0 Å². The maximum absolute atomic E-state index is 13.7. The zero-order valence-corrected chi connectivity index (χ0v) is 13.1. The van der Waals surface area contributed by atoms with Crippen molar-refractivity contribution in [3.63, 3.8) is 0 Å². The molecular weight excluding hydrogens is 337 g/mol. The Morgan fingerprint density at radius 1 is 1.19 bits per heavy atom. The molecule has 0 saturated heterocycles.